The molecule has 1 aromatic carbocycles. The Kier molecular flexibility index (Phi) is 3.42. The molecule has 5 heteroatoms. The number of nitrogens with one attached hydrogen (secondary N) is 1. The van der Waals surface area contributed by atoms with Gasteiger partial charge in [-0.3, -0.25) is 0 Å². The van der Waals surface area contributed by atoms with Gasteiger partial charge in [0.05, 0.1) is 5.02 Å². The fourth-order valence-corrected chi connectivity index (χ4v) is 1.65. The lowest BCUT2D eigenvalue weighted by Crippen LogP contribution is -2.16. The summed E-state index contributed by atoms with van der Waals surface area (Å²) >= 11 is 5.66. The van der Waals surface area contributed by atoms with Crippen LogP contribution < -0.4 is 5.48 Å². The maximum absolute atomic E-state index is 13.1. The first-order chi connectivity index (χ1) is 6.46. The van der Waals surface area contributed by atoms with Crippen LogP contribution in [0.25, 0.3) is 0 Å². The summed E-state index contributed by atoms with van der Waals surface area (Å²) in [6.45, 7) is 0.717. The van der Waals surface area contributed by atoms with E-state index in [1.807, 2.05) is 5.48 Å². The van der Waals surface area contributed by atoms with E-state index in [1.165, 1.54) is 12.1 Å². The lowest BCUT2D eigenvalue weighted by atomic mass is 10.0. The van der Waals surface area contributed by atoms with Crippen molar-refractivity contribution in [2.75, 3.05) is 0 Å². The number of hydrogen-bond donors (Lipinski definition) is 2. The Morgan fingerprint density at radius 2 is 2.14 bits per heavy atom. The molecule has 0 aliphatic carbocycles. The summed E-state index contributed by atoms with van der Waals surface area (Å²) in [5, 5.41) is 8.47. The van der Waals surface area contributed by atoms with Gasteiger partial charge in [-0.15, -0.1) is 0 Å². The average Bonchev–Trinajstić information content (AvgIpc) is 2.02. The third kappa shape index (κ3) is 2.41. The Labute approximate surface area is 85.5 Å². The Hall–Kier alpha value is -0.710. The molecule has 2 N–H and O–H groups in total. The third-order valence-electron chi connectivity index (χ3n) is 1.81. The molecule has 0 fully saturated rings. The van der Waals surface area contributed by atoms with Crippen molar-refractivity contribution in [2.24, 2.45) is 0 Å². The molecular formula is C9H10ClF2NO. The van der Waals surface area contributed by atoms with Crippen LogP contribution in [-0.2, 0) is 12.5 Å². The first-order valence-electron chi connectivity index (χ1n) is 3.99. The van der Waals surface area contributed by atoms with Crippen molar-refractivity contribution in [1.29, 1.82) is 0 Å². The SMILES string of the molecule is CC(F)(F)c1c(Cl)cccc1CNO. The molecule has 0 saturated carbocycles. The fourth-order valence-electron chi connectivity index (χ4n) is 1.29. The summed E-state index contributed by atoms with van der Waals surface area (Å²) in [6.07, 6.45) is 0. The first-order valence-corrected chi connectivity index (χ1v) is 4.37. The largest absolute Gasteiger partial charge is 0.316 e. The zero-order chi connectivity index (χ0) is 10.8. The van der Waals surface area contributed by atoms with Gasteiger partial charge in [-0.2, -0.15) is 0 Å². The second-order valence-electron chi connectivity index (χ2n) is 3.00. The minimum atomic E-state index is -3.01. The molecule has 0 aliphatic heterocycles. The molecule has 0 aliphatic rings. The number of rotatable bonds is 3. The average molecular weight is 222 g/mol. The maximum atomic E-state index is 13.1. The fraction of sp³-hybridized carbons (Fsp3) is 0.333. The molecule has 0 bridgehead atoms. The van der Waals surface area contributed by atoms with Crippen LogP contribution in [-0.4, -0.2) is 5.21 Å². The number of halogens is 3. The van der Waals surface area contributed by atoms with Gasteiger partial charge in [0.25, 0.3) is 5.92 Å². The van der Waals surface area contributed by atoms with Crippen molar-refractivity contribution in [3.63, 3.8) is 0 Å². The number of hydroxylamine groups is 1. The second kappa shape index (κ2) is 4.21. The molecule has 0 atom stereocenters. The van der Waals surface area contributed by atoms with Gasteiger partial charge < -0.3 is 5.21 Å². The zero-order valence-electron chi connectivity index (χ0n) is 7.52. The minimum absolute atomic E-state index is 0.00486. The molecule has 0 spiro atoms. The van der Waals surface area contributed by atoms with E-state index in [1.54, 1.807) is 6.07 Å². The highest BCUT2D eigenvalue weighted by Crippen LogP contribution is 2.35. The van der Waals surface area contributed by atoms with Crippen LogP contribution in [0.2, 0.25) is 5.02 Å². The maximum Gasteiger partial charge on any atom is 0.272 e. The van der Waals surface area contributed by atoms with E-state index in [-0.39, 0.29) is 22.7 Å². The van der Waals surface area contributed by atoms with Crippen molar-refractivity contribution in [1.82, 2.24) is 5.48 Å². The van der Waals surface area contributed by atoms with Crippen LogP contribution >= 0.6 is 11.6 Å². The van der Waals surface area contributed by atoms with Crippen LogP contribution in [0.15, 0.2) is 18.2 Å². The van der Waals surface area contributed by atoms with E-state index in [4.69, 9.17) is 16.8 Å². The molecule has 78 valence electrons. The lowest BCUT2D eigenvalue weighted by Gasteiger charge is -2.16. The predicted molar refractivity (Wildman–Crippen MR) is 49.6 cm³/mol. The van der Waals surface area contributed by atoms with Gasteiger partial charge in [0.2, 0.25) is 0 Å². The van der Waals surface area contributed by atoms with E-state index in [0.717, 1.165) is 6.92 Å². The van der Waals surface area contributed by atoms with Gasteiger partial charge in [-0.1, -0.05) is 23.7 Å². The van der Waals surface area contributed by atoms with Crippen molar-refractivity contribution in [3.8, 4) is 0 Å². The zero-order valence-corrected chi connectivity index (χ0v) is 8.28. The van der Waals surface area contributed by atoms with E-state index in [2.05, 4.69) is 0 Å². The van der Waals surface area contributed by atoms with Crippen molar-refractivity contribution >= 4 is 11.6 Å². The molecule has 1 rings (SSSR count). The van der Waals surface area contributed by atoms with Crippen LogP contribution in [0.1, 0.15) is 18.1 Å². The van der Waals surface area contributed by atoms with Crippen LogP contribution in [0.4, 0.5) is 8.78 Å². The number of hydrogen-bond acceptors (Lipinski definition) is 2. The summed E-state index contributed by atoms with van der Waals surface area (Å²) in [5.74, 6) is -3.01. The summed E-state index contributed by atoms with van der Waals surface area (Å²) in [5.41, 5.74) is 1.87. The molecule has 1 aromatic rings. The van der Waals surface area contributed by atoms with Gasteiger partial charge in [0, 0.05) is 19.0 Å². The molecule has 0 unspecified atom stereocenters. The second-order valence-corrected chi connectivity index (χ2v) is 3.40. The Morgan fingerprint density at radius 1 is 1.50 bits per heavy atom. The van der Waals surface area contributed by atoms with Gasteiger partial charge >= 0.3 is 0 Å². The third-order valence-corrected chi connectivity index (χ3v) is 2.12. The van der Waals surface area contributed by atoms with E-state index in [0.29, 0.717) is 0 Å². The van der Waals surface area contributed by atoms with Crippen LogP contribution in [0.3, 0.4) is 0 Å². The van der Waals surface area contributed by atoms with E-state index < -0.39 is 5.92 Å². The van der Waals surface area contributed by atoms with Crippen molar-refractivity contribution in [3.05, 3.63) is 34.3 Å². The highest BCUT2D eigenvalue weighted by Gasteiger charge is 2.29. The summed E-state index contributed by atoms with van der Waals surface area (Å²) in [7, 11) is 0. The van der Waals surface area contributed by atoms with Gasteiger partial charge in [0.15, 0.2) is 0 Å². The minimum Gasteiger partial charge on any atom is -0.316 e. The number of alkyl halides is 2. The molecule has 0 aromatic heterocycles. The molecule has 0 radical (unpaired) electrons. The van der Waals surface area contributed by atoms with Crippen LogP contribution in [0.5, 0.6) is 0 Å². The Balaban J connectivity index is 3.22. The molecule has 0 saturated heterocycles. The van der Waals surface area contributed by atoms with Crippen LogP contribution in [0, 0.1) is 0 Å². The molecular weight excluding hydrogens is 212 g/mol. The van der Waals surface area contributed by atoms with Gasteiger partial charge in [0.1, 0.15) is 0 Å². The van der Waals surface area contributed by atoms with Crippen molar-refractivity contribution < 1.29 is 14.0 Å². The molecule has 0 heterocycles. The number of benzene rings is 1. The molecule has 0 amide bonds. The summed E-state index contributed by atoms with van der Waals surface area (Å²) in [4.78, 5) is 0. The summed E-state index contributed by atoms with van der Waals surface area (Å²) < 4.78 is 26.2. The standard InChI is InChI=1S/C9H10ClF2NO/c1-9(11,12)8-6(5-13-14)3-2-4-7(8)10/h2-4,13-14H,5H2,1H3. The smallest absolute Gasteiger partial charge is 0.272 e. The highest BCUT2D eigenvalue weighted by molar-refractivity contribution is 6.31. The Morgan fingerprint density at radius 3 is 2.64 bits per heavy atom. The van der Waals surface area contributed by atoms with Gasteiger partial charge in [-0.05, 0) is 11.6 Å². The highest BCUT2D eigenvalue weighted by atomic mass is 35.5. The quantitative estimate of drug-likeness (QED) is 0.770. The van der Waals surface area contributed by atoms with E-state index >= 15 is 0 Å². The van der Waals surface area contributed by atoms with Crippen molar-refractivity contribution in [2.45, 2.75) is 19.4 Å². The molecule has 14 heavy (non-hydrogen) atoms. The Bertz CT molecular complexity index is 325. The first kappa shape index (κ1) is 11.4. The predicted octanol–water partition coefficient (Wildman–Crippen LogP) is 2.93. The molecule has 2 nitrogen and oxygen atoms in total. The van der Waals surface area contributed by atoms with Gasteiger partial charge in [-0.25, -0.2) is 14.3 Å². The lowest BCUT2D eigenvalue weighted by molar-refractivity contribution is 0.0159. The normalized spacial score (nSPS) is 11.8. The van der Waals surface area contributed by atoms with E-state index in [9.17, 15) is 8.78 Å². The topological polar surface area (TPSA) is 32.3 Å². The summed E-state index contributed by atoms with van der Waals surface area (Å²) in [6, 6.07) is 4.45. The monoisotopic (exact) mass is 221 g/mol.